The van der Waals surface area contributed by atoms with E-state index in [0.717, 1.165) is 0 Å². The maximum atomic E-state index is 14.0. The molecule has 0 aliphatic rings. The second-order valence-electron chi connectivity index (χ2n) is 4.51. The predicted molar refractivity (Wildman–Crippen MR) is 72.1 cm³/mol. The predicted octanol–water partition coefficient (Wildman–Crippen LogP) is 3.84. The van der Waals surface area contributed by atoms with Gasteiger partial charge in [-0.2, -0.15) is 5.26 Å². The highest BCUT2D eigenvalue weighted by molar-refractivity contribution is 5.80. The van der Waals surface area contributed by atoms with Crippen molar-refractivity contribution in [2.24, 2.45) is 0 Å². The summed E-state index contributed by atoms with van der Waals surface area (Å²) in [5, 5.41) is 9.33. The van der Waals surface area contributed by atoms with E-state index in [2.05, 4.69) is 0 Å². The second kappa shape index (κ2) is 4.78. The van der Waals surface area contributed by atoms with Gasteiger partial charge in [-0.15, -0.1) is 0 Å². The lowest BCUT2D eigenvalue weighted by Gasteiger charge is -2.07. The lowest BCUT2D eigenvalue weighted by Crippen LogP contribution is -2.02. The molecule has 3 aromatic rings. The Hall–Kier alpha value is -2.67. The quantitative estimate of drug-likeness (QED) is 0.694. The topological polar surface area (TPSA) is 28.7 Å². The molecule has 0 saturated carbocycles. The van der Waals surface area contributed by atoms with Crippen LogP contribution in [0.1, 0.15) is 11.1 Å². The Morgan fingerprint density at radius 1 is 1.05 bits per heavy atom. The highest BCUT2D eigenvalue weighted by atomic mass is 19.1. The Morgan fingerprint density at radius 3 is 2.65 bits per heavy atom. The van der Waals surface area contributed by atoms with Gasteiger partial charge in [-0.05, 0) is 24.3 Å². The number of hydrogen-bond acceptors (Lipinski definition) is 1. The second-order valence-corrected chi connectivity index (χ2v) is 4.51. The van der Waals surface area contributed by atoms with E-state index in [1.54, 1.807) is 41.1 Å². The van der Waals surface area contributed by atoms with E-state index < -0.39 is 5.82 Å². The van der Waals surface area contributed by atoms with E-state index in [1.165, 1.54) is 12.1 Å². The molecule has 2 nitrogen and oxygen atoms in total. The van der Waals surface area contributed by atoms with Crippen molar-refractivity contribution in [3.63, 3.8) is 0 Å². The Morgan fingerprint density at radius 2 is 1.85 bits per heavy atom. The van der Waals surface area contributed by atoms with Crippen molar-refractivity contribution in [3.05, 3.63) is 71.4 Å². The number of halogens is 2. The maximum Gasteiger partial charge on any atom is 0.145 e. The first-order valence-electron chi connectivity index (χ1n) is 6.11. The summed E-state index contributed by atoms with van der Waals surface area (Å²) in [6.45, 7) is 0.258. The van der Waals surface area contributed by atoms with Gasteiger partial charge in [-0.1, -0.05) is 18.2 Å². The van der Waals surface area contributed by atoms with Crippen LogP contribution >= 0.6 is 0 Å². The molecule has 1 heterocycles. The van der Waals surface area contributed by atoms with Gasteiger partial charge in [0.2, 0.25) is 0 Å². The van der Waals surface area contributed by atoms with Crippen LogP contribution in [-0.2, 0) is 6.54 Å². The Balaban J connectivity index is 2.07. The molecule has 0 radical (unpaired) electrons. The molecule has 0 spiro atoms. The summed E-state index contributed by atoms with van der Waals surface area (Å²) in [7, 11) is 0. The van der Waals surface area contributed by atoms with Gasteiger partial charge in [0.05, 0.1) is 17.6 Å². The molecular weight excluding hydrogens is 258 g/mol. The SMILES string of the molecule is N#Cc1cccc(Cn2ccc3c(F)cccc32)c1F. The average Bonchev–Trinajstić information content (AvgIpc) is 2.86. The van der Waals surface area contributed by atoms with Crippen LogP contribution in [0.5, 0.6) is 0 Å². The van der Waals surface area contributed by atoms with Gasteiger partial charge in [-0.3, -0.25) is 0 Å². The van der Waals surface area contributed by atoms with Gasteiger partial charge in [0, 0.05) is 17.1 Å². The van der Waals surface area contributed by atoms with Gasteiger partial charge in [0.15, 0.2) is 0 Å². The first-order chi connectivity index (χ1) is 9.70. The van der Waals surface area contributed by atoms with E-state index in [4.69, 9.17) is 5.26 Å². The minimum Gasteiger partial charge on any atom is -0.343 e. The van der Waals surface area contributed by atoms with Gasteiger partial charge in [-0.25, -0.2) is 8.78 Å². The molecule has 0 saturated heterocycles. The van der Waals surface area contributed by atoms with Crippen LogP contribution < -0.4 is 0 Å². The molecule has 0 aliphatic carbocycles. The first kappa shape index (κ1) is 12.4. The van der Waals surface area contributed by atoms with Crippen LogP contribution in [0.15, 0.2) is 48.7 Å². The zero-order valence-corrected chi connectivity index (χ0v) is 10.5. The molecule has 2 aromatic carbocycles. The number of benzene rings is 2. The Kier molecular flexibility index (Phi) is 2.96. The number of hydrogen-bond donors (Lipinski definition) is 0. The molecule has 3 rings (SSSR count). The number of nitriles is 1. The Labute approximate surface area is 114 Å². The fourth-order valence-electron chi connectivity index (χ4n) is 2.30. The number of aromatic nitrogens is 1. The van der Waals surface area contributed by atoms with Crippen molar-refractivity contribution < 1.29 is 8.78 Å². The molecule has 0 amide bonds. The summed E-state index contributed by atoms with van der Waals surface area (Å²) in [6.07, 6.45) is 1.71. The molecule has 1 aromatic heterocycles. The molecule has 0 atom stereocenters. The smallest absolute Gasteiger partial charge is 0.145 e. The molecule has 98 valence electrons. The number of nitrogens with zero attached hydrogens (tertiary/aromatic N) is 2. The van der Waals surface area contributed by atoms with E-state index in [-0.39, 0.29) is 17.9 Å². The van der Waals surface area contributed by atoms with Crippen molar-refractivity contribution >= 4 is 10.9 Å². The van der Waals surface area contributed by atoms with Crippen LogP contribution in [0.4, 0.5) is 8.78 Å². The maximum absolute atomic E-state index is 14.0. The Bertz CT molecular complexity index is 828. The van der Waals surface area contributed by atoms with E-state index in [0.29, 0.717) is 16.5 Å². The number of fused-ring (bicyclic) bond motifs is 1. The average molecular weight is 268 g/mol. The summed E-state index contributed by atoms with van der Waals surface area (Å²) in [4.78, 5) is 0. The van der Waals surface area contributed by atoms with Crippen LogP contribution in [-0.4, -0.2) is 4.57 Å². The molecule has 0 aliphatic heterocycles. The van der Waals surface area contributed by atoms with Gasteiger partial charge in [0.25, 0.3) is 0 Å². The standard InChI is InChI=1S/C16H10F2N2/c17-14-5-2-6-15-13(14)7-8-20(15)10-12-4-1-3-11(9-19)16(12)18/h1-8H,10H2. The minimum atomic E-state index is -0.520. The summed E-state index contributed by atoms with van der Waals surface area (Å²) < 4.78 is 29.4. The normalized spacial score (nSPS) is 10.7. The van der Waals surface area contributed by atoms with E-state index >= 15 is 0 Å². The summed E-state index contributed by atoms with van der Waals surface area (Å²) >= 11 is 0. The van der Waals surface area contributed by atoms with Crippen LogP contribution in [0.2, 0.25) is 0 Å². The summed E-state index contributed by atoms with van der Waals surface area (Å²) in [6, 6.07) is 13.0. The van der Waals surface area contributed by atoms with Gasteiger partial charge >= 0.3 is 0 Å². The van der Waals surface area contributed by atoms with Crippen molar-refractivity contribution in [2.45, 2.75) is 6.54 Å². The highest BCUT2D eigenvalue weighted by Crippen LogP contribution is 2.21. The monoisotopic (exact) mass is 268 g/mol. The largest absolute Gasteiger partial charge is 0.343 e. The fourth-order valence-corrected chi connectivity index (χ4v) is 2.30. The molecule has 0 fully saturated rings. The van der Waals surface area contributed by atoms with Crippen molar-refractivity contribution in [1.82, 2.24) is 4.57 Å². The lowest BCUT2D eigenvalue weighted by atomic mass is 10.1. The molecule has 20 heavy (non-hydrogen) atoms. The van der Waals surface area contributed by atoms with Gasteiger partial charge in [0.1, 0.15) is 17.7 Å². The zero-order chi connectivity index (χ0) is 14.1. The van der Waals surface area contributed by atoms with Crippen LogP contribution in [0.3, 0.4) is 0 Å². The fraction of sp³-hybridized carbons (Fsp3) is 0.0625. The van der Waals surface area contributed by atoms with Crippen molar-refractivity contribution in [3.8, 4) is 6.07 Å². The zero-order valence-electron chi connectivity index (χ0n) is 10.5. The van der Waals surface area contributed by atoms with Crippen LogP contribution in [0.25, 0.3) is 10.9 Å². The third-order valence-electron chi connectivity index (χ3n) is 3.30. The number of rotatable bonds is 2. The third kappa shape index (κ3) is 1.94. The van der Waals surface area contributed by atoms with Crippen molar-refractivity contribution in [2.75, 3.05) is 0 Å². The summed E-state index contributed by atoms with van der Waals surface area (Å²) in [5.74, 6) is -0.819. The molecular formula is C16H10F2N2. The first-order valence-corrected chi connectivity index (χ1v) is 6.11. The highest BCUT2D eigenvalue weighted by Gasteiger charge is 2.10. The van der Waals surface area contributed by atoms with Gasteiger partial charge < -0.3 is 4.57 Å². The van der Waals surface area contributed by atoms with E-state index in [9.17, 15) is 8.78 Å². The molecule has 0 bridgehead atoms. The molecule has 4 heteroatoms. The third-order valence-corrected chi connectivity index (χ3v) is 3.30. The molecule has 0 unspecified atom stereocenters. The molecule has 0 N–H and O–H groups in total. The van der Waals surface area contributed by atoms with Crippen molar-refractivity contribution in [1.29, 1.82) is 5.26 Å². The van der Waals surface area contributed by atoms with Crippen LogP contribution in [0, 0.1) is 23.0 Å². The minimum absolute atomic E-state index is 0.0187. The van der Waals surface area contributed by atoms with E-state index in [1.807, 2.05) is 6.07 Å². The summed E-state index contributed by atoms with van der Waals surface area (Å²) in [5.41, 5.74) is 1.13. The lowest BCUT2D eigenvalue weighted by molar-refractivity contribution is 0.598.